The SMILES string of the molecule is CCc1cc(OC)c(OC)c(C2CC(CN)CN2C)c1. The van der Waals surface area contributed by atoms with Crippen LogP contribution in [0, 0.1) is 5.92 Å². The maximum absolute atomic E-state index is 5.84. The van der Waals surface area contributed by atoms with Crippen LogP contribution in [0.1, 0.15) is 30.5 Å². The Bertz CT molecular complexity index is 462. The van der Waals surface area contributed by atoms with Gasteiger partial charge in [-0.2, -0.15) is 0 Å². The summed E-state index contributed by atoms with van der Waals surface area (Å²) in [5.41, 5.74) is 8.34. The molecule has 0 radical (unpaired) electrons. The molecule has 4 heteroatoms. The summed E-state index contributed by atoms with van der Waals surface area (Å²) in [4.78, 5) is 2.37. The molecule has 2 atom stereocenters. The summed E-state index contributed by atoms with van der Waals surface area (Å²) in [5, 5.41) is 0. The fraction of sp³-hybridized carbons (Fsp3) is 0.625. The molecule has 0 aliphatic carbocycles. The van der Waals surface area contributed by atoms with Crippen molar-refractivity contribution in [3.05, 3.63) is 23.3 Å². The second-order valence-electron chi connectivity index (χ2n) is 5.57. The van der Waals surface area contributed by atoms with Gasteiger partial charge in [0.05, 0.1) is 14.2 Å². The number of nitrogens with zero attached hydrogens (tertiary/aromatic N) is 1. The average molecular weight is 278 g/mol. The Hall–Kier alpha value is -1.26. The van der Waals surface area contributed by atoms with Gasteiger partial charge < -0.3 is 15.2 Å². The molecule has 2 unspecified atom stereocenters. The van der Waals surface area contributed by atoms with Crippen molar-refractivity contribution in [3.63, 3.8) is 0 Å². The molecule has 2 rings (SSSR count). The first kappa shape index (κ1) is 15.1. The summed E-state index contributed by atoms with van der Waals surface area (Å²) in [5.74, 6) is 2.25. The molecule has 20 heavy (non-hydrogen) atoms. The standard InChI is InChI=1S/C16H26N2O2/c1-5-11-6-13(16(20-4)15(8-11)19-3)14-7-12(9-17)10-18(14)2/h6,8,12,14H,5,7,9-10,17H2,1-4H3. The number of rotatable bonds is 5. The Balaban J connectivity index is 2.43. The maximum Gasteiger partial charge on any atom is 0.165 e. The molecule has 0 saturated carbocycles. The lowest BCUT2D eigenvalue weighted by molar-refractivity contribution is 0.295. The largest absolute Gasteiger partial charge is 0.493 e. The lowest BCUT2D eigenvalue weighted by Gasteiger charge is -2.24. The molecule has 0 amide bonds. The third-order valence-corrected chi connectivity index (χ3v) is 4.30. The smallest absolute Gasteiger partial charge is 0.165 e. The first-order valence-corrected chi connectivity index (χ1v) is 7.29. The van der Waals surface area contributed by atoms with Gasteiger partial charge in [0.25, 0.3) is 0 Å². The summed E-state index contributed by atoms with van der Waals surface area (Å²) >= 11 is 0. The van der Waals surface area contributed by atoms with Gasteiger partial charge in [-0.25, -0.2) is 0 Å². The van der Waals surface area contributed by atoms with E-state index in [2.05, 4.69) is 31.0 Å². The minimum Gasteiger partial charge on any atom is -0.493 e. The Morgan fingerprint density at radius 3 is 2.55 bits per heavy atom. The normalized spacial score (nSPS) is 23.1. The van der Waals surface area contributed by atoms with E-state index in [1.165, 1.54) is 11.1 Å². The van der Waals surface area contributed by atoms with Crippen LogP contribution in [0.4, 0.5) is 0 Å². The van der Waals surface area contributed by atoms with Crippen LogP contribution in [0.15, 0.2) is 12.1 Å². The van der Waals surface area contributed by atoms with E-state index in [1.54, 1.807) is 14.2 Å². The predicted octanol–water partition coefficient (Wildman–Crippen LogP) is 2.22. The highest BCUT2D eigenvalue weighted by atomic mass is 16.5. The average Bonchev–Trinajstić information content (AvgIpc) is 2.86. The number of aryl methyl sites for hydroxylation is 1. The molecule has 1 saturated heterocycles. The number of nitrogens with two attached hydrogens (primary N) is 1. The fourth-order valence-corrected chi connectivity index (χ4v) is 3.14. The van der Waals surface area contributed by atoms with Crippen LogP contribution in [-0.4, -0.2) is 39.3 Å². The van der Waals surface area contributed by atoms with Gasteiger partial charge in [-0.3, -0.25) is 4.90 Å². The monoisotopic (exact) mass is 278 g/mol. The molecule has 1 fully saturated rings. The van der Waals surface area contributed by atoms with E-state index in [9.17, 15) is 0 Å². The fourth-order valence-electron chi connectivity index (χ4n) is 3.14. The van der Waals surface area contributed by atoms with Gasteiger partial charge in [-0.1, -0.05) is 13.0 Å². The van der Waals surface area contributed by atoms with Crippen molar-refractivity contribution in [3.8, 4) is 11.5 Å². The van der Waals surface area contributed by atoms with Crippen LogP contribution in [0.5, 0.6) is 11.5 Å². The molecule has 1 heterocycles. The molecule has 1 aromatic carbocycles. The van der Waals surface area contributed by atoms with Crippen LogP contribution >= 0.6 is 0 Å². The van der Waals surface area contributed by atoms with Gasteiger partial charge in [0.1, 0.15) is 0 Å². The quantitative estimate of drug-likeness (QED) is 0.897. The van der Waals surface area contributed by atoms with Gasteiger partial charge >= 0.3 is 0 Å². The van der Waals surface area contributed by atoms with Crippen LogP contribution in [-0.2, 0) is 6.42 Å². The molecule has 0 bridgehead atoms. The van der Waals surface area contributed by atoms with Gasteiger partial charge in [-0.05, 0) is 44.0 Å². The Labute approximate surface area is 121 Å². The van der Waals surface area contributed by atoms with Crippen molar-refractivity contribution < 1.29 is 9.47 Å². The number of likely N-dealkylation sites (tertiary alicyclic amines) is 1. The summed E-state index contributed by atoms with van der Waals surface area (Å²) < 4.78 is 11.1. The summed E-state index contributed by atoms with van der Waals surface area (Å²) in [6.07, 6.45) is 2.07. The highest BCUT2D eigenvalue weighted by Gasteiger charge is 2.32. The predicted molar refractivity (Wildman–Crippen MR) is 81.5 cm³/mol. The molecular formula is C16H26N2O2. The van der Waals surface area contributed by atoms with Crippen LogP contribution in [0.25, 0.3) is 0 Å². The summed E-state index contributed by atoms with van der Waals surface area (Å²) in [6, 6.07) is 4.68. The van der Waals surface area contributed by atoms with E-state index in [-0.39, 0.29) is 0 Å². The molecule has 2 N–H and O–H groups in total. The number of ether oxygens (including phenoxy) is 2. The zero-order chi connectivity index (χ0) is 14.7. The minimum atomic E-state index is 0.360. The van der Waals surface area contributed by atoms with Crippen molar-refractivity contribution in [2.75, 3.05) is 34.4 Å². The topological polar surface area (TPSA) is 47.7 Å². The first-order valence-electron chi connectivity index (χ1n) is 7.29. The zero-order valence-corrected chi connectivity index (χ0v) is 13.0. The van der Waals surface area contributed by atoms with Crippen LogP contribution in [0.2, 0.25) is 0 Å². The number of benzene rings is 1. The summed E-state index contributed by atoms with van der Waals surface area (Å²) in [7, 11) is 5.56. The molecule has 0 spiro atoms. The number of methoxy groups -OCH3 is 2. The summed E-state index contributed by atoms with van der Waals surface area (Å²) in [6.45, 7) is 3.95. The molecule has 1 aliphatic rings. The van der Waals surface area contributed by atoms with E-state index in [1.807, 2.05) is 0 Å². The minimum absolute atomic E-state index is 0.360. The van der Waals surface area contributed by atoms with Crippen LogP contribution in [0.3, 0.4) is 0 Å². The van der Waals surface area contributed by atoms with E-state index in [0.717, 1.165) is 37.4 Å². The van der Waals surface area contributed by atoms with Crippen molar-refractivity contribution in [2.24, 2.45) is 11.7 Å². The second kappa shape index (κ2) is 6.46. The third-order valence-electron chi connectivity index (χ3n) is 4.30. The van der Waals surface area contributed by atoms with Crippen molar-refractivity contribution in [1.29, 1.82) is 0 Å². The molecule has 1 aliphatic heterocycles. The Morgan fingerprint density at radius 1 is 1.30 bits per heavy atom. The van der Waals surface area contributed by atoms with Gasteiger partial charge in [0.2, 0.25) is 0 Å². The van der Waals surface area contributed by atoms with E-state index >= 15 is 0 Å². The first-order chi connectivity index (χ1) is 9.64. The van der Waals surface area contributed by atoms with Gasteiger partial charge in [0, 0.05) is 18.2 Å². The zero-order valence-electron chi connectivity index (χ0n) is 13.0. The van der Waals surface area contributed by atoms with Crippen molar-refractivity contribution in [1.82, 2.24) is 4.90 Å². The molecule has 4 nitrogen and oxygen atoms in total. The van der Waals surface area contributed by atoms with E-state index in [4.69, 9.17) is 15.2 Å². The molecular weight excluding hydrogens is 252 g/mol. The van der Waals surface area contributed by atoms with Crippen molar-refractivity contribution in [2.45, 2.75) is 25.8 Å². The third kappa shape index (κ3) is 2.76. The maximum atomic E-state index is 5.84. The lowest BCUT2D eigenvalue weighted by atomic mass is 9.96. The van der Waals surface area contributed by atoms with Gasteiger partial charge in [-0.15, -0.1) is 0 Å². The number of hydrogen-bond acceptors (Lipinski definition) is 4. The Morgan fingerprint density at radius 2 is 2.05 bits per heavy atom. The molecule has 1 aromatic rings. The highest BCUT2D eigenvalue weighted by molar-refractivity contribution is 5.51. The van der Waals surface area contributed by atoms with Crippen LogP contribution < -0.4 is 15.2 Å². The highest BCUT2D eigenvalue weighted by Crippen LogP contribution is 2.43. The molecule has 0 aromatic heterocycles. The van der Waals surface area contributed by atoms with Crippen molar-refractivity contribution >= 4 is 0 Å². The Kier molecular flexibility index (Phi) is 4.89. The van der Waals surface area contributed by atoms with Gasteiger partial charge in [0.15, 0.2) is 11.5 Å². The van der Waals surface area contributed by atoms with E-state index < -0.39 is 0 Å². The lowest BCUT2D eigenvalue weighted by Crippen LogP contribution is -2.21. The molecule has 112 valence electrons. The number of hydrogen-bond donors (Lipinski definition) is 1. The second-order valence-corrected chi connectivity index (χ2v) is 5.57. The van der Waals surface area contributed by atoms with E-state index in [0.29, 0.717) is 12.0 Å².